The van der Waals surface area contributed by atoms with Crippen molar-refractivity contribution < 1.29 is 9.09 Å². The van der Waals surface area contributed by atoms with E-state index in [4.69, 9.17) is 4.52 Å². The molecule has 0 spiro atoms. The Morgan fingerprint density at radius 1 is 1.00 bits per heavy atom. The Labute approximate surface area is 105 Å². The van der Waals surface area contributed by atoms with Crippen LogP contribution in [-0.2, 0) is 9.09 Å². The molecule has 0 fully saturated rings. The average Bonchev–Trinajstić information content (AvgIpc) is 2.22. The normalized spacial score (nSPS) is 14.9. The molecule has 0 rings (SSSR count). The summed E-state index contributed by atoms with van der Waals surface area (Å²) in [5.41, 5.74) is 0. The third-order valence-corrected chi connectivity index (χ3v) is 6.38. The van der Waals surface area contributed by atoms with E-state index in [2.05, 4.69) is 6.92 Å². The van der Waals surface area contributed by atoms with Gasteiger partial charge >= 0.3 is 0 Å². The quantitative estimate of drug-likeness (QED) is 0.373. The molecule has 0 N–H and O–H groups in total. The largest absolute Gasteiger partial charge is 0.322 e. The van der Waals surface area contributed by atoms with Crippen LogP contribution in [-0.4, -0.2) is 19.0 Å². The molecule has 0 aliphatic rings. The third kappa shape index (κ3) is 11.0. The van der Waals surface area contributed by atoms with Crippen LogP contribution in [0.25, 0.3) is 0 Å². The Morgan fingerprint density at radius 3 is 2.12 bits per heavy atom. The van der Waals surface area contributed by atoms with Gasteiger partial charge in [0.25, 0.3) is 6.57 Å². The molecular formula is C12H27O2PS. The smallest absolute Gasteiger partial charge is 0.254 e. The van der Waals surface area contributed by atoms with E-state index in [1.54, 1.807) is 6.66 Å². The highest BCUT2D eigenvalue weighted by Gasteiger charge is 2.14. The lowest BCUT2D eigenvalue weighted by molar-refractivity contribution is 0.350. The van der Waals surface area contributed by atoms with Crippen molar-refractivity contribution in [3.05, 3.63) is 0 Å². The molecular weight excluding hydrogens is 239 g/mol. The van der Waals surface area contributed by atoms with Gasteiger partial charge in [-0.1, -0.05) is 56.8 Å². The molecule has 98 valence electrons. The highest BCUT2D eigenvalue weighted by atomic mass is 32.7. The van der Waals surface area contributed by atoms with Crippen molar-refractivity contribution in [3.63, 3.8) is 0 Å². The summed E-state index contributed by atoms with van der Waals surface area (Å²) in [7, 11) is 0. The Hall–Kier alpha value is 0.540. The highest BCUT2D eigenvalue weighted by Crippen LogP contribution is 2.56. The van der Waals surface area contributed by atoms with Crippen LogP contribution in [0.5, 0.6) is 0 Å². The lowest BCUT2D eigenvalue weighted by Gasteiger charge is -2.11. The number of rotatable bonds is 11. The SMILES string of the molecule is CCCCCCCCCSP(C)(=O)OCC. The van der Waals surface area contributed by atoms with Crippen LogP contribution in [0, 0.1) is 0 Å². The van der Waals surface area contributed by atoms with Gasteiger partial charge in [-0.2, -0.15) is 0 Å². The van der Waals surface area contributed by atoms with Crippen molar-refractivity contribution in [1.82, 2.24) is 0 Å². The average molecular weight is 266 g/mol. The summed E-state index contributed by atoms with van der Waals surface area (Å²) in [6.45, 7) is 4.07. The topological polar surface area (TPSA) is 26.3 Å². The van der Waals surface area contributed by atoms with E-state index < -0.39 is 6.57 Å². The first-order valence-corrected chi connectivity index (χ1v) is 10.1. The van der Waals surface area contributed by atoms with Gasteiger partial charge in [0, 0.05) is 12.4 Å². The molecule has 0 saturated carbocycles. The maximum Gasteiger partial charge on any atom is 0.254 e. The lowest BCUT2D eigenvalue weighted by atomic mass is 10.1. The van der Waals surface area contributed by atoms with Crippen molar-refractivity contribution >= 4 is 18.0 Å². The van der Waals surface area contributed by atoms with Gasteiger partial charge in [0.2, 0.25) is 0 Å². The third-order valence-electron chi connectivity index (χ3n) is 2.44. The van der Waals surface area contributed by atoms with Gasteiger partial charge in [-0.05, 0) is 13.3 Å². The van der Waals surface area contributed by atoms with Crippen LogP contribution < -0.4 is 0 Å². The van der Waals surface area contributed by atoms with E-state index >= 15 is 0 Å². The first-order chi connectivity index (χ1) is 7.62. The minimum absolute atomic E-state index is 0.553. The van der Waals surface area contributed by atoms with Crippen LogP contribution in [0.15, 0.2) is 0 Å². The number of hydrogen-bond acceptors (Lipinski definition) is 3. The Morgan fingerprint density at radius 2 is 1.56 bits per heavy atom. The Kier molecular flexibility index (Phi) is 11.0. The molecule has 0 aromatic heterocycles. The molecule has 1 unspecified atom stereocenters. The van der Waals surface area contributed by atoms with Crippen LogP contribution in [0.4, 0.5) is 0 Å². The van der Waals surface area contributed by atoms with Gasteiger partial charge in [0.15, 0.2) is 0 Å². The summed E-state index contributed by atoms with van der Waals surface area (Å²) in [4.78, 5) is 0. The molecule has 0 aliphatic carbocycles. The van der Waals surface area contributed by atoms with Gasteiger partial charge < -0.3 is 4.52 Å². The second kappa shape index (κ2) is 10.7. The summed E-state index contributed by atoms with van der Waals surface area (Å²) in [6, 6.07) is 0. The molecule has 2 nitrogen and oxygen atoms in total. The monoisotopic (exact) mass is 266 g/mol. The lowest BCUT2D eigenvalue weighted by Crippen LogP contribution is -1.87. The standard InChI is InChI=1S/C12H27O2PS/c1-4-6-7-8-9-10-11-12-16-15(3,13)14-5-2/h4-12H2,1-3H3. The Balaban J connectivity index is 3.23. The van der Waals surface area contributed by atoms with E-state index in [1.165, 1.54) is 56.3 Å². The molecule has 4 heteroatoms. The van der Waals surface area contributed by atoms with E-state index in [0.717, 1.165) is 5.75 Å². The van der Waals surface area contributed by atoms with Crippen LogP contribution in [0.3, 0.4) is 0 Å². The summed E-state index contributed by atoms with van der Waals surface area (Å²) < 4.78 is 16.9. The number of unbranched alkanes of at least 4 members (excludes halogenated alkanes) is 6. The Bertz CT molecular complexity index is 197. The maximum absolute atomic E-state index is 11.7. The van der Waals surface area contributed by atoms with Crippen LogP contribution in [0.2, 0.25) is 0 Å². The van der Waals surface area contributed by atoms with Crippen molar-refractivity contribution in [2.24, 2.45) is 0 Å². The fraction of sp³-hybridized carbons (Fsp3) is 1.00. The van der Waals surface area contributed by atoms with Gasteiger partial charge in [-0.3, -0.25) is 4.57 Å². The van der Waals surface area contributed by atoms with E-state index in [9.17, 15) is 4.57 Å². The minimum Gasteiger partial charge on any atom is -0.322 e. The summed E-state index contributed by atoms with van der Waals surface area (Å²) >= 11 is 1.50. The second-order valence-electron chi connectivity index (χ2n) is 4.14. The zero-order valence-electron chi connectivity index (χ0n) is 11.0. The summed E-state index contributed by atoms with van der Waals surface area (Å²) in [5.74, 6) is 0.974. The molecule has 0 heterocycles. The van der Waals surface area contributed by atoms with Gasteiger partial charge in [0.1, 0.15) is 0 Å². The number of hydrogen-bond donors (Lipinski definition) is 0. The van der Waals surface area contributed by atoms with Crippen molar-refractivity contribution in [2.75, 3.05) is 19.0 Å². The van der Waals surface area contributed by atoms with Crippen LogP contribution in [0.1, 0.15) is 58.8 Å². The first kappa shape index (κ1) is 16.5. The fourth-order valence-corrected chi connectivity index (χ4v) is 4.69. The van der Waals surface area contributed by atoms with E-state index in [1.807, 2.05) is 6.92 Å². The van der Waals surface area contributed by atoms with Crippen molar-refractivity contribution in [3.8, 4) is 0 Å². The second-order valence-corrected chi connectivity index (χ2v) is 9.38. The van der Waals surface area contributed by atoms with Gasteiger partial charge in [-0.25, -0.2) is 0 Å². The first-order valence-electron chi connectivity index (χ1n) is 6.49. The molecule has 0 radical (unpaired) electrons. The highest BCUT2D eigenvalue weighted by molar-refractivity contribution is 8.56. The zero-order valence-corrected chi connectivity index (χ0v) is 12.7. The molecule has 16 heavy (non-hydrogen) atoms. The zero-order chi connectivity index (χ0) is 12.3. The summed E-state index contributed by atoms with van der Waals surface area (Å²) in [6.07, 6.45) is 9.16. The van der Waals surface area contributed by atoms with Crippen molar-refractivity contribution in [2.45, 2.75) is 58.8 Å². The van der Waals surface area contributed by atoms with E-state index in [-0.39, 0.29) is 0 Å². The molecule has 1 atom stereocenters. The molecule has 0 amide bonds. The van der Waals surface area contributed by atoms with E-state index in [0.29, 0.717) is 6.61 Å². The summed E-state index contributed by atoms with van der Waals surface area (Å²) in [5, 5.41) is 0. The fourth-order valence-electron chi connectivity index (χ4n) is 1.56. The molecule has 0 saturated heterocycles. The predicted octanol–water partition coefficient (Wildman–Crippen LogP) is 5.33. The predicted molar refractivity (Wildman–Crippen MR) is 75.6 cm³/mol. The maximum atomic E-state index is 11.7. The molecule has 0 aliphatic heterocycles. The van der Waals surface area contributed by atoms with Gasteiger partial charge in [0.05, 0.1) is 6.61 Å². The molecule has 0 aromatic rings. The molecule has 0 bridgehead atoms. The minimum atomic E-state index is -2.34. The van der Waals surface area contributed by atoms with Gasteiger partial charge in [-0.15, -0.1) is 0 Å². The van der Waals surface area contributed by atoms with Crippen LogP contribution >= 0.6 is 18.0 Å². The van der Waals surface area contributed by atoms with Crippen molar-refractivity contribution in [1.29, 1.82) is 0 Å². The molecule has 0 aromatic carbocycles.